The number of carboxylic acids is 1. The molecule has 0 atom stereocenters. The minimum atomic E-state index is -3.85. The zero-order valence-electron chi connectivity index (χ0n) is 20.8. The van der Waals surface area contributed by atoms with Crippen LogP contribution in [0.5, 0.6) is 0 Å². The number of hydrogen-bond acceptors (Lipinski definition) is 10. The van der Waals surface area contributed by atoms with Crippen LogP contribution in [0.1, 0.15) is 46.9 Å². The number of benzene rings is 1. The molecular weight excluding hydrogens is 532 g/mol. The number of aromatic nitrogens is 1. The van der Waals surface area contributed by atoms with Gasteiger partial charge in [0.2, 0.25) is 15.9 Å². The molecule has 1 saturated heterocycles. The van der Waals surface area contributed by atoms with E-state index in [-0.39, 0.29) is 35.0 Å². The van der Waals surface area contributed by atoms with Crippen LogP contribution in [0.15, 0.2) is 36.4 Å². The van der Waals surface area contributed by atoms with Crippen molar-refractivity contribution in [3.63, 3.8) is 0 Å². The Morgan fingerprint density at radius 3 is 2.53 bits per heavy atom. The fraction of sp³-hybridized carbons (Fsp3) is 0.400. The maximum absolute atomic E-state index is 12.7. The Kier molecular flexibility index (Phi) is 10.1. The molecule has 3 rings (SSSR count). The Hall–Kier alpha value is -3.63. The number of amides is 1. The summed E-state index contributed by atoms with van der Waals surface area (Å²) in [5, 5.41) is 18.7. The first-order valence-corrected chi connectivity index (χ1v) is 14.7. The lowest BCUT2D eigenvalue weighted by Crippen LogP contribution is -2.43. The summed E-state index contributed by atoms with van der Waals surface area (Å²) in [7, 11) is -3.85. The molecule has 2 aromatic rings. The molecule has 1 aliphatic rings. The minimum absolute atomic E-state index is 0.0999. The van der Waals surface area contributed by atoms with E-state index >= 15 is 0 Å². The molecule has 1 aliphatic heterocycles. The standard InChI is InChI=1S/C25H28N4O7S2/c1-2-36-25(33)20-12-19(13-26)23(27-21(20)14-37-15-22(30)31)29-10-8-18(9-11-29)24(32)28-38(34,35)16-17-6-4-3-5-7-17/h3-7,12,18H,2,8-11,14-16H2,1H3,(H,28,32)(H,30,31). The zero-order chi connectivity index (χ0) is 27.7. The molecule has 13 heteroatoms. The van der Waals surface area contributed by atoms with Gasteiger partial charge in [-0.25, -0.2) is 18.2 Å². The molecule has 1 aromatic carbocycles. The van der Waals surface area contributed by atoms with E-state index in [9.17, 15) is 28.1 Å². The first kappa shape index (κ1) is 28.9. The second-order valence-electron chi connectivity index (χ2n) is 8.54. The molecule has 0 bridgehead atoms. The predicted molar refractivity (Wildman–Crippen MR) is 141 cm³/mol. The van der Waals surface area contributed by atoms with Gasteiger partial charge in [-0.05, 0) is 31.4 Å². The number of piperidine rings is 1. The van der Waals surface area contributed by atoms with Gasteiger partial charge in [0.25, 0.3) is 0 Å². The van der Waals surface area contributed by atoms with Gasteiger partial charge >= 0.3 is 11.9 Å². The molecule has 1 fully saturated rings. The molecular formula is C25H28N4O7S2. The summed E-state index contributed by atoms with van der Waals surface area (Å²) in [6, 6.07) is 12.0. The molecule has 0 aliphatic carbocycles. The van der Waals surface area contributed by atoms with Gasteiger partial charge in [0.1, 0.15) is 11.9 Å². The molecule has 0 radical (unpaired) electrons. The molecule has 202 valence electrons. The van der Waals surface area contributed by atoms with E-state index in [1.165, 1.54) is 6.07 Å². The number of carboxylic acid groups (broad SMARTS) is 1. The number of pyridine rings is 1. The van der Waals surface area contributed by atoms with Crippen LogP contribution in [-0.4, -0.2) is 61.8 Å². The largest absolute Gasteiger partial charge is 0.481 e. The molecule has 1 amide bonds. The number of nitrogens with zero attached hydrogens (tertiary/aromatic N) is 3. The van der Waals surface area contributed by atoms with Crippen LogP contribution < -0.4 is 9.62 Å². The number of carbonyl (C=O) groups excluding carboxylic acids is 2. The van der Waals surface area contributed by atoms with Crippen molar-refractivity contribution in [2.24, 2.45) is 5.92 Å². The van der Waals surface area contributed by atoms with Gasteiger partial charge in [0, 0.05) is 24.8 Å². The summed E-state index contributed by atoms with van der Waals surface area (Å²) >= 11 is 1.06. The highest BCUT2D eigenvalue weighted by molar-refractivity contribution is 7.99. The second-order valence-corrected chi connectivity index (χ2v) is 11.3. The Morgan fingerprint density at radius 1 is 1.24 bits per heavy atom. The number of thioether (sulfide) groups is 1. The van der Waals surface area contributed by atoms with Gasteiger partial charge < -0.3 is 14.7 Å². The second kappa shape index (κ2) is 13.3. The topological polar surface area (TPSA) is 167 Å². The van der Waals surface area contributed by atoms with Gasteiger partial charge in [0.15, 0.2) is 0 Å². The van der Waals surface area contributed by atoms with E-state index in [1.54, 1.807) is 42.2 Å². The lowest BCUT2D eigenvalue weighted by molar-refractivity contribution is -0.134. The van der Waals surface area contributed by atoms with Crippen LogP contribution in [0.3, 0.4) is 0 Å². The van der Waals surface area contributed by atoms with E-state index in [2.05, 4.69) is 9.71 Å². The summed E-state index contributed by atoms with van der Waals surface area (Å²) in [5.41, 5.74) is 1.12. The van der Waals surface area contributed by atoms with E-state index in [0.717, 1.165) is 11.8 Å². The highest BCUT2D eigenvalue weighted by atomic mass is 32.2. The number of sulfonamides is 1. The molecule has 2 heterocycles. The number of aliphatic carboxylic acids is 1. The lowest BCUT2D eigenvalue weighted by atomic mass is 9.96. The van der Waals surface area contributed by atoms with Crippen molar-refractivity contribution in [2.45, 2.75) is 31.3 Å². The monoisotopic (exact) mass is 560 g/mol. The molecule has 0 spiro atoms. The lowest BCUT2D eigenvalue weighted by Gasteiger charge is -2.33. The highest BCUT2D eigenvalue weighted by Gasteiger charge is 2.30. The number of carbonyl (C=O) groups is 3. The summed E-state index contributed by atoms with van der Waals surface area (Å²) in [4.78, 5) is 42.4. The Balaban J connectivity index is 1.72. The average molecular weight is 561 g/mol. The van der Waals surface area contributed by atoms with Gasteiger partial charge in [-0.3, -0.25) is 14.3 Å². The number of nitriles is 1. The van der Waals surface area contributed by atoms with Crippen LogP contribution in [0.25, 0.3) is 0 Å². The van der Waals surface area contributed by atoms with Gasteiger partial charge in [-0.1, -0.05) is 30.3 Å². The maximum Gasteiger partial charge on any atom is 0.340 e. The first-order chi connectivity index (χ1) is 18.1. The van der Waals surface area contributed by atoms with Crippen molar-refractivity contribution < 1.29 is 32.6 Å². The summed E-state index contributed by atoms with van der Waals surface area (Å²) in [5.74, 6) is -2.81. The van der Waals surface area contributed by atoms with Crippen LogP contribution in [0, 0.1) is 17.2 Å². The van der Waals surface area contributed by atoms with Crippen molar-refractivity contribution >= 4 is 45.4 Å². The predicted octanol–water partition coefficient (Wildman–Crippen LogP) is 2.31. The summed E-state index contributed by atoms with van der Waals surface area (Å²) < 4.78 is 32.2. The van der Waals surface area contributed by atoms with Crippen LogP contribution >= 0.6 is 11.8 Å². The Bertz CT molecular complexity index is 1320. The molecule has 0 unspecified atom stereocenters. The molecule has 38 heavy (non-hydrogen) atoms. The van der Waals surface area contributed by atoms with Crippen LogP contribution in [0.2, 0.25) is 0 Å². The first-order valence-electron chi connectivity index (χ1n) is 11.9. The number of anilines is 1. The van der Waals surface area contributed by atoms with E-state index in [1.807, 2.05) is 6.07 Å². The average Bonchev–Trinajstić information content (AvgIpc) is 2.88. The number of esters is 1. The minimum Gasteiger partial charge on any atom is -0.481 e. The molecule has 1 aromatic heterocycles. The van der Waals surface area contributed by atoms with Gasteiger partial charge in [-0.15, -0.1) is 11.8 Å². The normalized spacial score (nSPS) is 13.9. The summed E-state index contributed by atoms with van der Waals surface area (Å²) in [6.07, 6.45) is 0.671. The number of ether oxygens (including phenoxy) is 1. The highest BCUT2D eigenvalue weighted by Crippen LogP contribution is 2.28. The number of nitrogens with one attached hydrogen (secondary N) is 1. The quantitative estimate of drug-likeness (QED) is 0.387. The molecule has 0 saturated carbocycles. The SMILES string of the molecule is CCOC(=O)c1cc(C#N)c(N2CCC(C(=O)NS(=O)(=O)Cc3ccccc3)CC2)nc1CSCC(=O)O. The van der Waals surface area contributed by atoms with Crippen molar-refractivity contribution in [3.05, 3.63) is 58.8 Å². The van der Waals surface area contributed by atoms with Crippen molar-refractivity contribution in [1.82, 2.24) is 9.71 Å². The third-order valence-electron chi connectivity index (χ3n) is 5.78. The Morgan fingerprint density at radius 2 is 1.92 bits per heavy atom. The fourth-order valence-electron chi connectivity index (χ4n) is 4.01. The maximum atomic E-state index is 12.7. The third kappa shape index (κ3) is 7.93. The Labute approximate surface area is 225 Å². The molecule has 11 nitrogen and oxygen atoms in total. The van der Waals surface area contributed by atoms with Crippen molar-refractivity contribution in [3.8, 4) is 6.07 Å². The number of rotatable bonds is 11. The van der Waals surface area contributed by atoms with Gasteiger partial charge in [0.05, 0.1) is 34.9 Å². The van der Waals surface area contributed by atoms with Crippen LogP contribution in [0.4, 0.5) is 5.82 Å². The van der Waals surface area contributed by atoms with Crippen molar-refractivity contribution in [2.75, 3.05) is 30.3 Å². The fourth-order valence-corrected chi connectivity index (χ4v) is 5.88. The summed E-state index contributed by atoms with van der Waals surface area (Å²) in [6.45, 7) is 2.44. The smallest absolute Gasteiger partial charge is 0.340 e. The third-order valence-corrected chi connectivity index (χ3v) is 7.94. The van der Waals surface area contributed by atoms with Crippen LogP contribution in [-0.2, 0) is 35.9 Å². The van der Waals surface area contributed by atoms with Gasteiger partial charge in [-0.2, -0.15) is 5.26 Å². The van der Waals surface area contributed by atoms with E-state index in [0.29, 0.717) is 43.0 Å². The zero-order valence-corrected chi connectivity index (χ0v) is 22.4. The molecule has 2 N–H and O–H groups in total. The van der Waals surface area contributed by atoms with E-state index in [4.69, 9.17) is 9.84 Å². The van der Waals surface area contributed by atoms with Crippen molar-refractivity contribution in [1.29, 1.82) is 5.26 Å². The number of hydrogen-bond donors (Lipinski definition) is 2. The van der Waals surface area contributed by atoms with E-state index < -0.39 is 33.8 Å².